The van der Waals surface area contributed by atoms with Crippen molar-refractivity contribution in [3.05, 3.63) is 135 Å². The molecule has 0 radical (unpaired) electrons. The van der Waals surface area contributed by atoms with E-state index in [0.717, 1.165) is 6.92 Å². The van der Waals surface area contributed by atoms with Crippen molar-refractivity contribution in [3.63, 3.8) is 0 Å². The van der Waals surface area contributed by atoms with Crippen molar-refractivity contribution in [2.24, 2.45) is 0 Å². The molecule has 0 spiro atoms. The van der Waals surface area contributed by atoms with Crippen LogP contribution >= 0.6 is 11.8 Å². The number of hydrogen-bond donors (Lipinski definition) is 0. The summed E-state index contributed by atoms with van der Waals surface area (Å²) in [5, 5.41) is -3.01. The molecule has 1 amide bonds. The molecule has 1 aromatic heterocycles. The van der Waals surface area contributed by atoms with Gasteiger partial charge in [-0.1, -0.05) is 59.9 Å². The van der Waals surface area contributed by atoms with Gasteiger partial charge >= 0.3 is 6.18 Å². The molecule has 6 nitrogen and oxygen atoms in total. The lowest BCUT2D eigenvalue weighted by Crippen LogP contribution is -2.48. The van der Waals surface area contributed by atoms with Crippen LogP contribution in [0.2, 0.25) is 0 Å². The summed E-state index contributed by atoms with van der Waals surface area (Å²) in [5.41, 5.74) is -15.9. The summed E-state index contributed by atoms with van der Waals surface area (Å²) in [5.74, 6) is -7.48. The third-order valence-corrected chi connectivity index (χ3v) is 7.46. The van der Waals surface area contributed by atoms with Gasteiger partial charge in [-0.25, -0.2) is 8.78 Å². The van der Waals surface area contributed by atoms with Crippen molar-refractivity contribution < 1.29 is 72.6 Å². The van der Waals surface area contributed by atoms with Gasteiger partial charge in [0, 0.05) is 75.6 Å². The topological polar surface area (TPSA) is 54.8 Å². The molecular weight excluding hydrogens is 710 g/mol. The van der Waals surface area contributed by atoms with Crippen LogP contribution in [-0.2, 0) is 34.5 Å². The number of methoxy groups -OCH3 is 1. The van der Waals surface area contributed by atoms with Gasteiger partial charge in [-0.3, -0.25) is 9.59 Å². The quantitative estimate of drug-likeness (QED) is 0.0938. The van der Waals surface area contributed by atoms with Crippen LogP contribution in [0.4, 0.5) is 22.0 Å². The van der Waals surface area contributed by atoms with Crippen molar-refractivity contribution in [2.45, 2.75) is 55.6 Å². The number of likely N-dealkylation sites (tertiary alicyclic amines) is 1. The van der Waals surface area contributed by atoms with Crippen LogP contribution in [0.5, 0.6) is 0 Å². The number of piperidine rings is 1. The number of amides is 1. The van der Waals surface area contributed by atoms with Crippen LogP contribution < -0.4 is 5.43 Å². The average molecular weight is 780 g/mol. The number of rotatable bonds is 12. The lowest BCUT2D eigenvalue weighted by Gasteiger charge is -2.39. The molecular formula is C41H40F5N3O3S. The first-order valence-corrected chi connectivity index (χ1v) is 15.3. The zero-order chi connectivity index (χ0) is 64.2. The van der Waals surface area contributed by atoms with Crippen molar-refractivity contribution >= 4 is 28.6 Å². The van der Waals surface area contributed by atoms with E-state index in [1.165, 1.54) is 0 Å². The zero-order valence-electron chi connectivity index (χ0n) is 56.8. The highest BCUT2D eigenvalue weighted by molar-refractivity contribution is 7.98. The van der Waals surface area contributed by atoms with E-state index in [9.17, 15) is 27.6 Å². The second kappa shape index (κ2) is 16.7. The van der Waals surface area contributed by atoms with Gasteiger partial charge in [-0.2, -0.15) is 13.2 Å². The van der Waals surface area contributed by atoms with Crippen LogP contribution in [0.15, 0.2) is 100 Å². The number of fused-ring (bicyclic) bond motifs is 1. The molecule has 0 atom stereocenters. The van der Waals surface area contributed by atoms with Crippen LogP contribution in [0, 0.1) is 18.6 Å². The molecule has 6 rings (SSSR count). The fourth-order valence-electron chi connectivity index (χ4n) is 4.19. The van der Waals surface area contributed by atoms with E-state index in [2.05, 4.69) is 4.74 Å². The van der Waals surface area contributed by atoms with E-state index in [4.69, 9.17) is 31.5 Å². The first-order chi connectivity index (χ1) is 37.3. The van der Waals surface area contributed by atoms with Gasteiger partial charge in [-0.05, 0) is 66.6 Å². The second-order valence-corrected chi connectivity index (χ2v) is 11.1. The Morgan fingerprint density at radius 1 is 1.02 bits per heavy atom. The number of ether oxygens (including phenoxy) is 1. The zero-order valence-corrected chi connectivity index (χ0v) is 27.6. The Bertz CT molecular complexity index is 3560. The van der Waals surface area contributed by atoms with Gasteiger partial charge in [0.05, 0.1) is 50.1 Å². The van der Waals surface area contributed by atoms with Crippen molar-refractivity contribution in [1.29, 1.82) is 0 Å². The molecule has 0 N–H and O–H groups in total. The lowest BCUT2D eigenvalue weighted by atomic mass is 10.00. The number of pyridine rings is 1. The molecule has 1 aliphatic heterocycles. The summed E-state index contributed by atoms with van der Waals surface area (Å²) < 4.78 is 341. The molecule has 1 fully saturated rings. The van der Waals surface area contributed by atoms with Crippen LogP contribution in [0.1, 0.15) is 76.1 Å². The molecule has 2 heterocycles. The maximum atomic E-state index is 16.0. The standard InChI is InChI=1S/C41H40F5N3O3S/c1-27-6-15-36-34(22-27)37(50)23-39(53-26-31-4-3-5-35(42)40(31)43)49(36)25-38(51)48(33-16-18-47(19-17-33)20-21-52-2)24-28-7-9-29(10-8-28)30-11-13-32(14-12-30)41(44,45)46/h3-15,22-23,33H,16-21,24-26H2,1-2H3/i3D,4D,5D,6D,7D,8D,9D,10D,11D,12D,13D,14D,15D,16D2,17D2,18D2,19D2,21D2,22D,23D,25D2,26D2,33D. The average Bonchev–Trinajstić information content (AvgIpc) is 3.37. The number of nitrogens with zero attached hydrogens (tertiary/aromatic N) is 3. The Kier molecular flexibility index (Phi) is 4.93. The number of carbonyl (C=O) groups excluding carboxylic acids is 1. The van der Waals surface area contributed by atoms with Crippen molar-refractivity contribution in [3.8, 4) is 11.1 Å². The molecule has 1 saturated heterocycles. The molecule has 53 heavy (non-hydrogen) atoms. The van der Waals surface area contributed by atoms with E-state index >= 15 is 13.6 Å². The van der Waals surface area contributed by atoms with Gasteiger partial charge < -0.3 is 19.1 Å². The minimum absolute atomic E-state index is 0.411. The normalized spacial score (nSPS) is 27.5. The van der Waals surface area contributed by atoms with Crippen LogP contribution in [0.3, 0.4) is 0 Å². The third kappa shape index (κ3) is 9.17. The smallest absolute Gasteiger partial charge is 0.383 e. The highest BCUT2D eigenvalue weighted by atomic mass is 32.2. The van der Waals surface area contributed by atoms with Gasteiger partial charge in [0.1, 0.15) is 6.50 Å². The number of alkyl halides is 3. The number of halogens is 5. The summed E-state index contributed by atoms with van der Waals surface area (Å²) >= 11 is -0.804. The first kappa shape index (κ1) is 15.7. The Labute approximate surface area is 351 Å². The molecule has 12 heteroatoms. The number of thioether (sulfide) groups is 1. The highest BCUT2D eigenvalue weighted by Crippen LogP contribution is 2.32. The third-order valence-electron chi connectivity index (χ3n) is 6.67. The Balaban J connectivity index is 1.82. The molecule has 278 valence electrons. The van der Waals surface area contributed by atoms with E-state index < -0.39 is 259 Å². The van der Waals surface area contributed by atoms with Gasteiger partial charge in [0.25, 0.3) is 0 Å². The van der Waals surface area contributed by atoms with E-state index in [1.807, 2.05) is 0 Å². The summed E-state index contributed by atoms with van der Waals surface area (Å²) in [6.45, 7) is -19.9. The molecule has 0 bridgehead atoms. The summed E-state index contributed by atoms with van der Waals surface area (Å²) in [6, 6.07) is -28.3. The second-order valence-electron chi connectivity index (χ2n) is 10.3. The SMILES string of the molecule is [2H]c1c([2H])c(F)c(F)c(C([2H])([2H])Sc2c([2H])c(=O)c3c([2H])c(C)c([2H])c([2H])c3n2C([2H])([2H])C(=O)N(Cc2c([2H])c([2H])c(-c3c([2H])c([2H])c(C(F)(F)F)c([2H])c3[2H])c([2H])c2[2H])C2([2H])C([2H])([2H])C([2H])([2H])N(CC([2H])([2H])OC)C([2H])([2H])C2([2H])[2H])c1[2H]. The molecule has 0 unspecified atom stereocenters. The fourth-order valence-corrected chi connectivity index (χ4v) is 4.90. The number of hydrogen-bond acceptors (Lipinski definition) is 5. The number of benzene rings is 4. The van der Waals surface area contributed by atoms with E-state index in [0.29, 0.717) is 7.11 Å². The van der Waals surface area contributed by atoms with Crippen LogP contribution in [-0.4, -0.2) is 59.5 Å². The van der Waals surface area contributed by atoms with Gasteiger partial charge in [-0.15, -0.1) is 11.8 Å². The first-order valence-electron chi connectivity index (χ1n) is 29.5. The van der Waals surface area contributed by atoms with Crippen molar-refractivity contribution in [1.82, 2.24) is 14.4 Å². The maximum Gasteiger partial charge on any atom is 0.416 e. The summed E-state index contributed by atoms with van der Waals surface area (Å²) in [6.07, 6.45) is -15.0. The Hall–Kier alpha value is -4.52. The fraction of sp³-hybridized carbons (Fsp3) is 0.317. The predicted octanol–water partition coefficient (Wildman–Crippen LogP) is 8.71. The highest BCUT2D eigenvalue weighted by Gasteiger charge is 2.31. The van der Waals surface area contributed by atoms with Crippen molar-refractivity contribution in [2.75, 3.05) is 33.2 Å². The Morgan fingerprint density at radius 3 is 2.36 bits per heavy atom. The minimum Gasteiger partial charge on any atom is -0.383 e. The summed E-state index contributed by atoms with van der Waals surface area (Å²) in [7, 11) is 0.655. The lowest BCUT2D eigenvalue weighted by molar-refractivity contribution is -0.137. The van der Waals surface area contributed by atoms with Crippen LogP contribution in [0.25, 0.3) is 22.0 Å². The minimum atomic E-state index is -5.57. The number of aromatic nitrogens is 1. The predicted molar refractivity (Wildman–Crippen MR) is 198 cm³/mol. The maximum absolute atomic E-state index is 16.0. The van der Waals surface area contributed by atoms with E-state index in [1.54, 1.807) is 0 Å². The Morgan fingerprint density at radius 2 is 1.70 bits per heavy atom. The molecule has 1 aliphatic rings. The molecule has 0 saturated carbocycles. The monoisotopic (exact) mass is 779 g/mol. The van der Waals surface area contributed by atoms with Gasteiger partial charge in [0.2, 0.25) is 5.91 Å². The van der Waals surface area contributed by atoms with E-state index in [-0.39, 0.29) is 0 Å². The number of carbonyl (C=O) groups is 1. The molecule has 4 aromatic carbocycles. The molecule has 5 aromatic rings. The van der Waals surface area contributed by atoms with Gasteiger partial charge in [0.15, 0.2) is 17.1 Å². The largest absolute Gasteiger partial charge is 0.416 e. The summed E-state index contributed by atoms with van der Waals surface area (Å²) in [4.78, 5) is 28.9. The molecule has 0 aliphatic carbocycles.